The first-order valence-electron chi connectivity index (χ1n) is 10.4. The Kier molecular flexibility index (Phi) is 7.22. The zero-order valence-electron chi connectivity index (χ0n) is 18.6. The van der Waals surface area contributed by atoms with Crippen molar-refractivity contribution in [2.45, 2.75) is 46.2 Å². The number of anilines is 2. The average molecular weight is 427 g/mol. The van der Waals surface area contributed by atoms with Crippen LogP contribution in [0.25, 0.3) is 0 Å². The van der Waals surface area contributed by atoms with Gasteiger partial charge in [-0.05, 0) is 39.3 Å². The third kappa shape index (κ3) is 6.96. The number of rotatable bonds is 7. The quantitative estimate of drug-likeness (QED) is 0.502. The Bertz CT molecular complexity index is 948. The van der Waals surface area contributed by atoms with Crippen molar-refractivity contribution in [1.82, 2.24) is 0 Å². The van der Waals surface area contributed by atoms with Crippen LogP contribution in [0, 0.1) is 23.1 Å². The van der Waals surface area contributed by atoms with Gasteiger partial charge in [0, 0.05) is 23.6 Å². The highest BCUT2D eigenvalue weighted by atomic mass is 19.1. The summed E-state index contributed by atoms with van der Waals surface area (Å²) in [4.78, 5) is 0. The predicted octanol–water partition coefficient (Wildman–Crippen LogP) is 4.57. The first-order chi connectivity index (χ1) is 14.6. The molecule has 2 aromatic carbocycles. The van der Waals surface area contributed by atoms with Crippen molar-refractivity contribution >= 4 is 11.4 Å². The van der Waals surface area contributed by atoms with Crippen LogP contribution in [0.4, 0.5) is 15.8 Å². The van der Waals surface area contributed by atoms with Crippen molar-refractivity contribution < 1.29 is 18.6 Å². The molecule has 0 aliphatic carbocycles. The van der Waals surface area contributed by atoms with Crippen molar-refractivity contribution in [3.05, 3.63) is 59.4 Å². The van der Waals surface area contributed by atoms with Gasteiger partial charge in [-0.15, -0.1) is 0 Å². The maximum atomic E-state index is 14.1. The largest absolute Gasteiger partial charge is 0.396 e. The molecule has 1 atom stereocenters. The molecule has 0 saturated carbocycles. The summed E-state index contributed by atoms with van der Waals surface area (Å²) in [5.74, 6) is 5.30. The van der Waals surface area contributed by atoms with E-state index in [0.29, 0.717) is 37.6 Å². The molecule has 1 aliphatic rings. The first-order valence-corrected chi connectivity index (χ1v) is 10.4. The molecule has 0 amide bonds. The van der Waals surface area contributed by atoms with Crippen LogP contribution in [0.1, 0.15) is 38.8 Å². The van der Waals surface area contributed by atoms with Crippen LogP contribution in [0.5, 0.6) is 0 Å². The number of benzene rings is 2. The Morgan fingerprint density at radius 3 is 2.68 bits per heavy atom. The molecule has 1 fully saturated rings. The minimum atomic E-state index is -0.606. The van der Waals surface area contributed by atoms with E-state index in [1.165, 1.54) is 6.07 Å². The van der Waals surface area contributed by atoms with Gasteiger partial charge in [0.15, 0.2) is 5.79 Å². The Labute approximate surface area is 184 Å². The molecule has 0 aromatic heterocycles. The first kappa shape index (κ1) is 23.1. The summed E-state index contributed by atoms with van der Waals surface area (Å²) in [5, 5.41) is 3.23. The van der Waals surface area contributed by atoms with Crippen molar-refractivity contribution in [3.8, 4) is 11.8 Å². The molecule has 0 unspecified atom stereocenters. The Morgan fingerprint density at radius 2 is 2.00 bits per heavy atom. The van der Waals surface area contributed by atoms with Gasteiger partial charge in [-0.3, -0.25) is 0 Å². The van der Waals surface area contributed by atoms with Gasteiger partial charge in [0.1, 0.15) is 11.9 Å². The highest BCUT2D eigenvalue weighted by Gasteiger charge is 2.32. The van der Waals surface area contributed by atoms with Gasteiger partial charge in [-0.2, -0.15) is 0 Å². The molecule has 166 valence electrons. The van der Waals surface area contributed by atoms with Crippen molar-refractivity contribution in [2.75, 3.05) is 30.8 Å². The summed E-state index contributed by atoms with van der Waals surface area (Å²) in [6.07, 6.45) is -0.126. The third-order valence-electron chi connectivity index (χ3n) is 4.83. The smallest absolute Gasteiger partial charge is 0.163 e. The van der Waals surface area contributed by atoms with Crippen molar-refractivity contribution in [2.24, 2.45) is 5.41 Å². The normalized spacial score (nSPS) is 17.8. The van der Waals surface area contributed by atoms with Gasteiger partial charge in [-0.1, -0.05) is 42.2 Å². The number of nitrogens with two attached hydrogens (primary N) is 1. The zero-order chi connectivity index (χ0) is 22.5. The second kappa shape index (κ2) is 9.69. The lowest BCUT2D eigenvalue weighted by Crippen LogP contribution is -2.26. The number of ether oxygens (including phenoxy) is 3. The lowest BCUT2D eigenvalue weighted by molar-refractivity contribution is -0.136. The number of nitrogen functional groups attached to an aromatic ring is 1. The number of halogens is 1. The van der Waals surface area contributed by atoms with Gasteiger partial charge < -0.3 is 25.3 Å². The molecule has 2 aromatic rings. The van der Waals surface area contributed by atoms with Gasteiger partial charge in [-0.25, -0.2) is 4.39 Å². The minimum Gasteiger partial charge on any atom is -0.396 e. The highest BCUT2D eigenvalue weighted by Crippen LogP contribution is 2.26. The zero-order valence-corrected chi connectivity index (χ0v) is 18.6. The SMILES string of the molecule is CC(C)(C#Cc1cc(N)c(F)cc1NC[C@@H]1COC(C)(C)O1)COCc1ccccc1. The molecule has 3 N–H and O–H groups in total. The van der Waals surface area contributed by atoms with E-state index in [-0.39, 0.29) is 17.2 Å². The minimum absolute atomic E-state index is 0.0644. The highest BCUT2D eigenvalue weighted by molar-refractivity contribution is 5.65. The van der Waals surface area contributed by atoms with E-state index in [4.69, 9.17) is 19.9 Å². The molecule has 6 heteroatoms. The van der Waals surface area contributed by atoms with Crippen LogP contribution in [0.3, 0.4) is 0 Å². The van der Waals surface area contributed by atoms with Crippen LogP contribution in [0.2, 0.25) is 0 Å². The second-order valence-corrected chi connectivity index (χ2v) is 8.86. The van der Waals surface area contributed by atoms with Crippen LogP contribution in [0.15, 0.2) is 42.5 Å². The molecule has 1 aliphatic heterocycles. The van der Waals surface area contributed by atoms with Gasteiger partial charge in [0.25, 0.3) is 0 Å². The molecule has 5 nitrogen and oxygen atoms in total. The Morgan fingerprint density at radius 1 is 1.26 bits per heavy atom. The maximum absolute atomic E-state index is 14.1. The van der Waals surface area contributed by atoms with Gasteiger partial charge in [0.2, 0.25) is 0 Å². The van der Waals surface area contributed by atoms with Crippen molar-refractivity contribution in [1.29, 1.82) is 0 Å². The molecule has 3 rings (SSSR count). The lowest BCUT2D eigenvalue weighted by Gasteiger charge is -2.19. The molecule has 1 saturated heterocycles. The number of nitrogens with one attached hydrogen (secondary N) is 1. The summed E-state index contributed by atoms with van der Waals surface area (Å²) in [6.45, 7) is 9.71. The van der Waals surface area contributed by atoms with Crippen molar-refractivity contribution in [3.63, 3.8) is 0 Å². The summed E-state index contributed by atoms with van der Waals surface area (Å²) in [5.41, 5.74) is 7.79. The van der Waals surface area contributed by atoms with Crippen LogP contribution < -0.4 is 11.1 Å². The lowest BCUT2D eigenvalue weighted by atomic mass is 9.95. The maximum Gasteiger partial charge on any atom is 0.163 e. The Hall–Kier alpha value is -2.59. The monoisotopic (exact) mass is 426 g/mol. The summed E-state index contributed by atoms with van der Waals surface area (Å²) in [6, 6.07) is 12.9. The molecular weight excluding hydrogens is 395 g/mol. The van der Waals surface area contributed by atoms with E-state index in [1.54, 1.807) is 6.07 Å². The molecule has 31 heavy (non-hydrogen) atoms. The standard InChI is InChI=1S/C25H31FN2O3/c1-24(2,17-29-15-18-8-6-5-7-9-18)11-10-19-12-22(27)21(26)13-23(19)28-14-20-16-30-25(3,4)31-20/h5-9,12-13,20,28H,14-17,27H2,1-4H3/t20-/m1/s1. The van der Waals surface area contributed by atoms with Gasteiger partial charge in [0.05, 0.1) is 31.2 Å². The molecule has 0 bridgehead atoms. The average Bonchev–Trinajstić information content (AvgIpc) is 3.07. The number of hydrogen-bond donors (Lipinski definition) is 2. The van der Waals surface area contributed by atoms with Crippen LogP contribution in [-0.2, 0) is 20.8 Å². The fraction of sp³-hybridized carbons (Fsp3) is 0.440. The predicted molar refractivity (Wildman–Crippen MR) is 121 cm³/mol. The van der Waals surface area contributed by atoms with E-state index in [0.717, 1.165) is 5.56 Å². The number of hydrogen-bond acceptors (Lipinski definition) is 5. The summed E-state index contributed by atoms with van der Waals surface area (Å²) < 4.78 is 31.3. The van der Waals surface area contributed by atoms with E-state index >= 15 is 0 Å². The topological polar surface area (TPSA) is 65.7 Å². The van der Waals surface area contributed by atoms with E-state index < -0.39 is 11.6 Å². The molecule has 0 spiro atoms. The Balaban J connectivity index is 1.65. The van der Waals surface area contributed by atoms with E-state index in [9.17, 15) is 4.39 Å². The fourth-order valence-electron chi connectivity index (χ4n) is 3.20. The second-order valence-electron chi connectivity index (χ2n) is 8.86. The van der Waals surface area contributed by atoms with Crippen LogP contribution >= 0.6 is 0 Å². The molecular formula is C25H31FN2O3. The van der Waals surface area contributed by atoms with E-state index in [2.05, 4.69) is 17.2 Å². The summed E-state index contributed by atoms with van der Waals surface area (Å²) in [7, 11) is 0. The van der Waals surface area contributed by atoms with Crippen LogP contribution in [-0.4, -0.2) is 31.6 Å². The fourth-order valence-corrected chi connectivity index (χ4v) is 3.20. The van der Waals surface area contributed by atoms with Gasteiger partial charge >= 0.3 is 0 Å². The molecule has 0 radical (unpaired) electrons. The molecule has 1 heterocycles. The summed E-state index contributed by atoms with van der Waals surface area (Å²) >= 11 is 0. The van der Waals surface area contributed by atoms with E-state index in [1.807, 2.05) is 58.0 Å². The third-order valence-corrected chi connectivity index (χ3v) is 4.83.